The van der Waals surface area contributed by atoms with Crippen LogP contribution in [-0.4, -0.2) is 14.5 Å². The van der Waals surface area contributed by atoms with E-state index in [4.69, 9.17) is 5.73 Å². The highest BCUT2D eigenvalue weighted by Gasteiger charge is 2.09. The topological polar surface area (TPSA) is 56.7 Å². The van der Waals surface area contributed by atoms with Crippen LogP contribution in [-0.2, 0) is 6.54 Å². The van der Waals surface area contributed by atoms with Crippen molar-refractivity contribution in [2.45, 2.75) is 6.54 Å². The second-order valence-corrected chi connectivity index (χ2v) is 5.84. The van der Waals surface area contributed by atoms with Crippen LogP contribution in [0.1, 0.15) is 5.01 Å². The summed E-state index contributed by atoms with van der Waals surface area (Å²) in [4.78, 5) is 8.64. The number of hydrogen-bond donors (Lipinski definition) is 1. The van der Waals surface area contributed by atoms with Crippen LogP contribution in [0.2, 0.25) is 0 Å². The van der Waals surface area contributed by atoms with Crippen molar-refractivity contribution in [3.8, 4) is 0 Å². The average Bonchev–Trinajstić information content (AvgIpc) is 2.88. The molecule has 2 heterocycles. The summed E-state index contributed by atoms with van der Waals surface area (Å²) in [6.07, 6.45) is 1.80. The van der Waals surface area contributed by atoms with Crippen LogP contribution >= 0.6 is 33.9 Å². The lowest BCUT2D eigenvalue weighted by molar-refractivity contribution is 0.829. The molecule has 17 heavy (non-hydrogen) atoms. The van der Waals surface area contributed by atoms with Crippen molar-refractivity contribution < 1.29 is 0 Å². The Hall–Kier alpha value is -1.15. The van der Waals surface area contributed by atoms with E-state index in [0.29, 0.717) is 12.5 Å². The van der Waals surface area contributed by atoms with Gasteiger partial charge in [0, 0.05) is 15.1 Å². The Balaban J connectivity index is 2.12. The molecule has 0 aliphatic rings. The zero-order chi connectivity index (χ0) is 11.8. The van der Waals surface area contributed by atoms with E-state index < -0.39 is 0 Å². The summed E-state index contributed by atoms with van der Waals surface area (Å²) in [5.41, 5.74) is 7.94. The lowest BCUT2D eigenvalue weighted by Crippen LogP contribution is -2.04. The Morgan fingerprint density at radius 3 is 3.06 bits per heavy atom. The van der Waals surface area contributed by atoms with Gasteiger partial charge < -0.3 is 10.3 Å². The van der Waals surface area contributed by atoms with E-state index in [-0.39, 0.29) is 0 Å². The molecule has 0 aliphatic carbocycles. The van der Waals surface area contributed by atoms with Gasteiger partial charge >= 0.3 is 0 Å². The second-order valence-electron chi connectivity index (χ2n) is 3.62. The van der Waals surface area contributed by atoms with E-state index in [9.17, 15) is 0 Å². The Morgan fingerprint density at radius 2 is 2.29 bits per heavy atom. The SMILES string of the molecule is Nc1nc2cc(I)ccc2n1Cc1nccs1. The van der Waals surface area contributed by atoms with Crippen molar-refractivity contribution in [2.24, 2.45) is 0 Å². The molecular formula is C11H9IN4S. The number of halogens is 1. The molecule has 86 valence electrons. The van der Waals surface area contributed by atoms with Gasteiger partial charge in [0.2, 0.25) is 5.95 Å². The number of hydrogen-bond acceptors (Lipinski definition) is 4. The van der Waals surface area contributed by atoms with E-state index in [0.717, 1.165) is 19.6 Å². The van der Waals surface area contributed by atoms with Crippen LogP contribution in [0.25, 0.3) is 11.0 Å². The predicted molar refractivity (Wildman–Crippen MR) is 78.1 cm³/mol. The van der Waals surface area contributed by atoms with Crippen LogP contribution in [0, 0.1) is 3.57 Å². The third-order valence-corrected chi connectivity index (χ3v) is 3.95. The minimum Gasteiger partial charge on any atom is -0.369 e. The second kappa shape index (κ2) is 4.26. The van der Waals surface area contributed by atoms with Crippen molar-refractivity contribution >= 4 is 50.9 Å². The summed E-state index contributed by atoms with van der Waals surface area (Å²) in [7, 11) is 0. The number of aromatic nitrogens is 3. The van der Waals surface area contributed by atoms with E-state index in [1.165, 1.54) is 0 Å². The number of fused-ring (bicyclic) bond motifs is 1. The monoisotopic (exact) mass is 356 g/mol. The molecule has 0 atom stereocenters. The highest BCUT2D eigenvalue weighted by atomic mass is 127. The molecule has 0 fully saturated rings. The molecule has 0 spiro atoms. The molecule has 0 aliphatic heterocycles. The predicted octanol–water partition coefficient (Wildman–Crippen LogP) is 2.73. The molecule has 0 saturated heterocycles. The number of nitrogen functional groups attached to an aromatic ring is 1. The maximum absolute atomic E-state index is 5.95. The first-order chi connectivity index (χ1) is 8.24. The Morgan fingerprint density at radius 1 is 1.41 bits per heavy atom. The van der Waals surface area contributed by atoms with Crippen LogP contribution in [0.5, 0.6) is 0 Å². The lowest BCUT2D eigenvalue weighted by Gasteiger charge is -2.03. The normalized spacial score (nSPS) is 11.1. The van der Waals surface area contributed by atoms with Gasteiger partial charge in [-0.15, -0.1) is 11.3 Å². The summed E-state index contributed by atoms with van der Waals surface area (Å²) < 4.78 is 3.15. The van der Waals surface area contributed by atoms with Gasteiger partial charge in [-0.05, 0) is 40.8 Å². The minimum atomic E-state index is 0.539. The van der Waals surface area contributed by atoms with Crippen LogP contribution in [0.3, 0.4) is 0 Å². The molecule has 3 aromatic rings. The van der Waals surface area contributed by atoms with Crippen molar-refractivity contribution in [3.05, 3.63) is 38.4 Å². The van der Waals surface area contributed by atoms with Crippen molar-refractivity contribution in [1.82, 2.24) is 14.5 Å². The van der Waals surface area contributed by atoms with Crippen molar-refractivity contribution in [1.29, 1.82) is 0 Å². The fourth-order valence-corrected chi connectivity index (χ4v) is 2.83. The Bertz CT molecular complexity index is 659. The van der Waals surface area contributed by atoms with Crippen LogP contribution < -0.4 is 5.73 Å². The van der Waals surface area contributed by atoms with Crippen molar-refractivity contribution in [2.75, 3.05) is 5.73 Å². The average molecular weight is 356 g/mol. The maximum Gasteiger partial charge on any atom is 0.201 e. The zero-order valence-electron chi connectivity index (χ0n) is 8.80. The molecule has 0 radical (unpaired) electrons. The highest BCUT2D eigenvalue weighted by Crippen LogP contribution is 2.21. The summed E-state index contributed by atoms with van der Waals surface area (Å²) in [5.74, 6) is 0.539. The van der Waals surface area contributed by atoms with Gasteiger partial charge in [0.25, 0.3) is 0 Å². The van der Waals surface area contributed by atoms with E-state index in [2.05, 4.69) is 38.6 Å². The first kappa shape index (κ1) is 11.0. The van der Waals surface area contributed by atoms with Gasteiger partial charge in [-0.25, -0.2) is 9.97 Å². The summed E-state index contributed by atoms with van der Waals surface area (Å²) >= 11 is 3.90. The van der Waals surface area contributed by atoms with Gasteiger partial charge in [0.05, 0.1) is 17.6 Å². The molecule has 6 heteroatoms. The van der Waals surface area contributed by atoms with E-state index >= 15 is 0 Å². The molecule has 2 N–H and O–H groups in total. The quantitative estimate of drug-likeness (QED) is 0.719. The fraction of sp³-hybridized carbons (Fsp3) is 0.0909. The number of thiazole rings is 1. The number of benzene rings is 1. The molecular weight excluding hydrogens is 347 g/mol. The summed E-state index contributed by atoms with van der Waals surface area (Å²) in [5, 5.41) is 3.00. The standard InChI is InChI=1S/C11H9IN4S/c12-7-1-2-9-8(5-7)15-11(13)16(9)6-10-14-3-4-17-10/h1-5H,6H2,(H2,13,15). The fourth-order valence-electron chi connectivity index (χ4n) is 1.75. The molecule has 0 unspecified atom stereocenters. The largest absolute Gasteiger partial charge is 0.369 e. The van der Waals surface area contributed by atoms with E-state index in [1.807, 2.05) is 22.1 Å². The first-order valence-electron chi connectivity index (χ1n) is 5.03. The Labute approximate surface area is 116 Å². The lowest BCUT2D eigenvalue weighted by atomic mass is 10.3. The molecule has 1 aromatic carbocycles. The number of anilines is 1. The molecule has 0 saturated carbocycles. The summed E-state index contributed by atoms with van der Waals surface area (Å²) in [6.45, 7) is 0.681. The number of imidazole rings is 1. The van der Waals surface area contributed by atoms with Crippen molar-refractivity contribution in [3.63, 3.8) is 0 Å². The molecule has 4 nitrogen and oxygen atoms in total. The molecule has 0 amide bonds. The smallest absolute Gasteiger partial charge is 0.201 e. The van der Waals surface area contributed by atoms with Crippen LogP contribution in [0.4, 0.5) is 5.95 Å². The van der Waals surface area contributed by atoms with Gasteiger partial charge in [-0.1, -0.05) is 0 Å². The third-order valence-electron chi connectivity index (χ3n) is 2.52. The summed E-state index contributed by atoms with van der Waals surface area (Å²) in [6, 6.07) is 6.14. The zero-order valence-corrected chi connectivity index (χ0v) is 11.8. The molecule has 2 aromatic heterocycles. The first-order valence-corrected chi connectivity index (χ1v) is 6.99. The highest BCUT2D eigenvalue weighted by molar-refractivity contribution is 14.1. The molecule has 3 rings (SSSR count). The van der Waals surface area contributed by atoms with Crippen LogP contribution in [0.15, 0.2) is 29.8 Å². The Kier molecular flexibility index (Phi) is 2.75. The number of rotatable bonds is 2. The van der Waals surface area contributed by atoms with Gasteiger partial charge in [0.15, 0.2) is 0 Å². The maximum atomic E-state index is 5.95. The molecule has 0 bridgehead atoms. The van der Waals surface area contributed by atoms with E-state index in [1.54, 1.807) is 17.5 Å². The van der Waals surface area contributed by atoms with Gasteiger partial charge in [-0.3, -0.25) is 0 Å². The number of nitrogens with two attached hydrogens (primary N) is 1. The number of nitrogens with zero attached hydrogens (tertiary/aromatic N) is 3. The van der Waals surface area contributed by atoms with Gasteiger partial charge in [0.1, 0.15) is 5.01 Å². The van der Waals surface area contributed by atoms with Gasteiger partial charge in [-0.2, -0.15) is 0 Å². The third kappa shape index (κ3) is 2.02. The minimum absolute atomic E-state index is 0.539.